The number of hydrogen-bond donors (Lipinski definition) is 2. The molecular weight excluding hydrogens is 232 g/mol. The molecule has 0 aromatic carbocycles. The molecule has 0 saturated carbocycles. The molecule has 1 unspecified atom stereocenters. The average molecular weight is 246 g/mol. The fraction of sp³-hybridized carbons (Fsp3) is 0.778. The van der Waals surface area contributed by atoms with Gasteiger partial charge in [-0.2, -0.15) is 0 Å². The third kappa shape index (κ3) is 1.90. The van der Waals surface area contributed by atoms with Gasteiger partial charge in [0.15, 0.2) is 0 Å². The van der Waals surface area contributed by atoms with Crippen molar-refractivity contribution in [2.24, 2.45) is 5.73 Å². The molecule has 0 aliphatic carbocycles. The number of aliphatic carboxylic acids is 1. The zero-order valence-corrected chi connectivity index (χ0v) is 9.53. The predicted molar refractivity (Wildman–Crippen MR) is 57.9 cm³/mol. The van der Waals surface area contributed by atoms with Gasteiger partial charge in [0.2, 0.25) is 5.91 Å². The van der Waals surface area contributed by atoms with Crippen molar-refractivity contribution in [3.8, 4) is 0 Å². The Morgan fingerprint density at radius 2 is 2.31 bits per heavy atom. The summed E-state index contributed by atoms with van der Waals surface area (Å²) < 4.78 is 5.11. The van der Waals surface area contributed by atoms with Crippen LogP contribution in [0.25, 0.3) is 0 Å². The molecule has 0 spiro atoms. The van der Waals surface area contributed by atoms with Crippen LogP contribution in [0.3, 0.4) is 0 Å². The molecule has 0 aromatic rings. The van der Waals surface area contributed by atoms with E-state index in [0.717, 1.165) is 0 Å². The van der Waals surface area contributed by atoms with Crippen LogP contribution < -0.4 is 5.73 Å². The van der Waals surface area contributed by atoms with E-state index in [2.05, 4.69) is 0 Å². The van der Waals surface area contributed by atoms with Crippen molar-refractivity contribution in [3.05, 3.63) is 0 Å². The lowest BCUT2D eigenvalue weighted by Crippen LogP contribution is -2.58. The van der Waals surface area contributed by atoms with Gasteiger partial charge in [-0.1, -0.05) is 0 Å². The summed E-state index contributed by atoms with van der Waals surface area (Å²) in [6.07, 6.45) is 0.458. The van der Waals surface area contributed by atoms with Gasteiger partial charge in [-0.15, -0.1) is 11.8 Å². The highest BCUT2D eigenvalue weighted by Crippen LogP contribution is 2.26. The van der Waals surface area contributed by atoms with Gasteiger partial charge in [-0.25, -0.2) is 4.79 Å². The van der Waals surface area contributed by atoms with Gasteiger partial charge in [-0.05, 0) is 6.42 Å². The van der Waals surface area contributed by atoms with Crippen LogP contribution in [0.2, 0.25) is 0 Å². The number of carbonyl (C=O) groups is 2. The Kier molecular flexibility index (Phi) is 3.09. The number of thioether (sulfide) groups is 1. The summed E-state index contributed by atoms with van der Waals surface area (Å²) in [5.74, 6) is -0.449. The van der Waals surface area contributed by atoms with E-state index >= 15 is 0 Å². The SMILES string of the molecule is NC1(C(=O)N2CSC[C@H]2C(=O)O)CCOC1. The number of carboxylic acid groups (broad SMARTS) is 1. The molecule has 0 aromatic heterocycles. The second kappa shape index (κ2) is 4.23. The molecule has 1 amide bonds. The van der Waals surface area contributed by atoms with Gasteiger partial charge in [0.05, 0.1) is 12.5 Å². The van der Waals surface area contributed by atoms with Crippen molar-refractivity contribution in [3.63, 3.8) is 0 Å². The fourth-order valence-corrected chi connectivity index (χ4v) is 3.03. The molecule has 3 N–H and O–H groups in total. The smallest absolute Gasteiger partial charge is 0.327 e. The van der Waals surface area contributed by atoms with Crippen LogP contribution in [0.1, 0.15) is 6.42 Å². The van der Waals surface area contributed by atoms with Gasteiger partial charge in [0, 0.05) is 12.4 Å². The van der Waals surface area contributed by atoms with Crippen LogP contribution in [-0.2, 0) is 14.3 Å². The summed E-state index contributed by atoms with van der Waals surface area (Å²) in [5.41, 5.74) is 4.90. The number of nitrogens with zero attached hydrogens (tertiary/aromatic N) is 1. The quantitative estimate of drug-likeness (QED) is 0.655. The molecule has 6 nitrogen and oxygen atoms in total. The van der Waals surface area contributed by atoms with Crippen molar-refractivity contribution in [2.45, 2.75) is 18.0 Å². The lowest BCUT2D eigenvalue weighted by molar-refractivity contribution is -0.150. The van der Waals surface area contributed by atoms with Crippen molar-refractivity contribution in [1.29, 1.82) is 0 Å². The maximum absolute atomic E-state index is 12.1. The monoisotopic (exact) mass is 246 g/mol. The summed E-state index contributed by atoms with van der Waals surface area (Å²) in [7, 11) is 0. The first-order valence-corrected chi connectivity index (χ1v) is 6.18. The summed E-state index contributed by atoms with van der Waals surface area (Å²) in [6, 6.07) is -0.751. The number of hydrogen-bond acceptors (Lipinski definition) is 5. The Morgan fingerprint density at radius 3 is 2.88 bits per heavy atom. The Hall–Kier alpha value is -0.790. The predicted octanol–water partition coefficient (Wildman–Crippen LogP) is -0.910. The number of carbonyl (C=O) groups excluding carboxylic acids is 1. The molecule has 2 rings (SSSR count). The largest absolute Gasteiger partial charge is 0.480 e. The van der Waals surface area contributed by atoms with Crippen molar-refractivity contribution in [1.82, 2.24) is 4.90 Å². The fourth-order valence-electron chi connectivity index (χ4n) is 1.88. The normalized spacial score (nSPS) is 34.3. The maximum Gasteiger partial charge on any atom is 0.327 e. The first-order chi connectivity index (χ1) is 7.54. The van der Waals surface area contributed by atoms with Crippen LogP contribution in [0.4, 0.5) is 0 Å². The second-order valence-electron chi connectivity index (χ2n) is 4.09. The minimum Gasteiger partial charge on any atom is -0.480 e. The molecular formula is C9H14N2O4S. The van der Waals surface area contributed by atoms with E-state index in [-0.39, 0.29) is 12.5 Å². The molecule has 0 bridgehead atoms. The van der Waals surface area contributed by atoms with E-state index in [4.69, 9.17) is 15.6 Å². The zero-order chi connectivity index (χ0) is 11.8. The lowest BCUT2D eigenvalue weighted by atomic mass is 9.98. The maximum atomic E-state index is 12.1. The van der Waals surface area contributed by atoms with Crippen LogP contribution in [-0.4, -0.2) is 58.3 Å². The highest BCUT2D eigenvalue weighted by Gasteiger charge is 2.46. The average Bonchev–Trinajstić information content (AvgIpc) is 2.85. The first kappa shape index (κ1) is 11.7. The van der Waals surface area contributed by atoms with E-state index in [1.54, 1.807) is 0 Å². The molecule has 0 radical (unpaired) electrons. The summed E-state index contributed by atoms with van der Waals surface area (Å²) in [6.45, 7) is 0.639. The Labute approximate surface area is 97.1 Å². The molecule has 2 fully saturated rings. The van der Waals surface area contributed by atoms with Crippen molar-refractivity contribution >= 4 is 23.6 Å². The Morgan fingerprint density at radius 1 is 1.56 bits per heavy atom. The standard InChI is InChI=1S/C9H14N2O4S/c10-9(1-2-15-4-9)8(14)11-5-16-3-6(11)7(12)13/h6H,1-5,10H2,(H,12,13)/t6-,9?/m0/s1. The van der Waals surface area contributed by atoms with Crippen LogP contribution >= 0.6 is 11.8 Å². The van der Waals surface area contributed by atoms with Crippen LogP contribution in [0, 0.1) is 0 Å². The number of ether oxygens (including phenoxy) is 1. The minimum atomic E-state index is -1.03. The Bertz CT molecular complexity index is 317. The third-order valence-corrected chi connectivity index (χ3v) is 3.92. The number of carboxylic acids is 1. The second-order valence-corrected chi connectivity index (χ2v) is 5.09. The Balaban J connectivity index is 2.12. The summed E-state index contributed by atoms with van der Waals surface area (Å²) >= 11 is 1.43. The molecule has 2 saturated heterocycles. The first-order valence-electron chi connectivity index (χ1n) is 5.03. The van der Waals surface area contributed by atoms with Crippen molar-refractivity contribution < 1.29 is 19.4 Å². The van der Waals surface area contributed by atoms with Gasteiger partial charge in [-0.3, -0.25) is 4.79 Å². The molecule has 2 aliphatic rings. The van der Waals surface area contributed by atoms with Crippen LogP contribution in [0.5, 0.6) is 0 Å². The van der Waals surface area contributed by atoms with E-state index in [1.165, 1.54) is 16.7 Å². The van der Waals surface area contributed by atoms with E-state index in [9.17, 15) is 9.59 Å². The molecule has 2 aliphatic heterocycles. The number of amides is 1. The topological polar surface area (TPSA) is 92.9 Å². The van der Waals surface area contributed by atoms with Gasteiger partial charge < -0.3 is 20.5 Å². The molecule has 7 heteroatoms. The van der Waals surface area contributed by atoms with E-state index in [0.29, 0.717) is 24.7 Å². The number of nitrogens with two attached hydrogens (primary N) is 1. The van der Waals surface area contributed by atoms with Crippen LogP contribution in [0.15, 0.2) is 0 Å². The molecule has 2 heterocycles. The summed E-state index contributed by atoms with van der Waals surface area (Å²) in [5, 5.41) is 8.98. The lowest BCUT2D eigenvalue weighted by Gasteiger charge is -2.29. The van der Waals surface area contributed by atoms with Gasteiger partial charge in [0.1, 0.15) is 11.6 Å². The minimum absolute atomic E-state index is 0.180. The molecule has 2 atom stereocenters. The van der Waals surface area contributed by atoms with Crippen molar-refractivity contribution in [2.75, 3.05) is 24.8 Å². The highest BCUT2D eigenvalue weighted by molar-refractivity contribution is 7.99. The van der Waals surface area contributed by atoms with E-state index in [1.807, 2.05) is 0 Å². The third-order valence-electron chi connectivity index (χ3n) is 2.91. The van der Waals surface area contributed by atoms with Gasteiger partial charge in [0.25, 0.3) is 0 Å². The summed E-state index contributed by atoms with van der Waals surface area (Å²) in [4.78, 5) is 24.4. The molecule has 90 valence electrons. The highest BCUT2D eigenvalue weighted by atomic mass is 32.2. The number of rotatable bonds is 2. The zero-order valence-electron chi connectivity index (χ0n) is 8.72. The van der Waals surface area contributed by atoms with E-state index < -0.39 is 17.6 Å². The van der Waals surface area contributed by atoms with Gasteiger partial charge >= 0.3 is 5.97 Å². The molecule has 16 heavy (non-hydrogen) atoms.